The highest BCUT2D eigenvalue weighted by Gasteiger charge is 2.27. The lowest BCUT2D eigenvalue weighted by Crippen LogP contribution is -2.41. The Morgan fingerprint density at radius 2 is 2.17 bits per heavy atom. The van der Waals surface area contributed by atoms with Gasteiger partial charge >= 0.3 is 0 Å². The summed E-state index contributed by atoms with van der Waals surface area (Å²) in [4.78, 5) is 17.6. The normalized spacial score (nSPS) is 16.8. The van der Waals surface area contributed by atoms with Crippen molar-refractivity contribution in [3.8, 4) is 12.1 Å². The van der Waals surface area contributed by atoms with E-state index in [9.17, 15) is 4.79 Å². The van der Waals surface area contributed by atoms with Crippen molar-refractivity contribution in [1.82, 2.24) is 20.5 Å². The van der Waals surface area contributed by atoms with Crippen LogP contribution in [-0.2, 0) is 11.3 Å². The van der Waals surface area contributed by atoms with Crippen LogP contribution in [0.1, 0.15) is 24.0 Å². The molecule has 2 N–H and O–H groups in total. The van der Waals surface area contributed by atoms with E-state index in [4.69, 9.17) is 10.5 Å². The van der Waals surface area contributed by atoms with Crippen LogP contribution >= 0.6 is 0 Å². The van der Waals surface area contributed by atoms with Gasteiger partial charge in [0.05, 0.1) is 18.2 Å². The first-order chi connectivity index (χ1) is 11.2. The van der Waals surface area contributed by atoms with Gasteiger partial charge in [-0.1, -0.05) is 0 Å². The van der Waals surface area contributed by atoms with Gasteiger partial charge in [-0.05, 0) is 24.5 Å². The van der Waals surface area contributed by atoms with Crippen LogP contribution in [0, 0.1) is 22.7 Å². The zero-order valence-electron chi connectivity index (χ0n) is 13.0. The Hall–Kier alpha value is -2.48. The van der Waals surface area contributed by atoms with Crippen molar-refractivity contribution < 1.29 is 4.79 Å². The summed E-state index contributed by atoms with van der Waals surface area (Å²) in [6, 6.07) is 5.76. The van der Waals surface area contributed by atoms with Gasteiger partial charge in [-0.25, -0.2) is 0 Å². The summed E-state index contributed by atoms with van der Waals surface area (Å²) in [5, 5.41) is 24.1. The fraction of sp³-hybridized carbons (Fsp3) is 0.500. The molecule has 1 amide bonds. The molecule has 1 aliphatic rings. The maximum atomic E-state index is 12.0. The van der Waals surface area contributed by atoms with Crippen LogP contribution in [0.5, 0.6) is 0 Å². The molecule has 1 aromatic heterocycles. The first-order valence-corrected chi connectivity index (χ1v) is 7.69. The van der Waals surface area contributed by atoms with E-state index in [1.165, 1.54) is 6.20 Å². The van der Waals surface area contributed by atoms with E-state index in [2.05, 4.69) is 27.8 Å². The molecular weight excluding hydrogens is 292 g/mol. The predicted molar refractivity (Wildman–Crippen MR) is 83.9 cm³/mol. The number of nitrogens with zero attached hydrogens (tertiary/aromatic N) is 4. The smallest absolute Gasteiger partial charge is 0.237 e. The number of likely N-dealkylation sites (tertiary alicyclic amines) is 1. The molecule has 0 spiro atoms. The van der Waals surface area contributed by atoms with Crippen LogP contribution in [0.4, 0.5) is 0 Å². The molecule has 0 radical (unpaired) electrons. The van der Waals surface area contributed by atoms with E-state index >= 15 is 0 Å². The zero-order chi connectivity index (χ0) is 16.5. The second-order valence-corrected chi connectivity index (χ2v) is 5.42. The van der Waals surface area contributed by atoms with Crippen LogP contribution < -0.4 is 10.6 Å². The summed E-state index contributed by atoms with van der Waals surface area (Å²) >= 11 is 0. The van der Waals surface area contributed by atoms with Gasteiger partial charge in [0.2, 0.25) is 5.91 Å². The predicted octanol–water partition coefficient (Wildman–Crippen LogP) is 0.147. The first-order valence-electron chi connectivity index (χ1n) is 7.69. The Labute approximate surface area is 135 Å². The third-order valence-electron chi connectivity index (χ3n) is 3.73. The summed E-state index contributed by atoms with van der Waals surface area (Å²) in [5.74, 6) is -0.0139. The van der Waals surface area contributed by atoms with Crippen LogP contribution in [-0.4, -0.2) is 48.0 Å². The highest BCUT2D eigenvalue weighted by atomic mass is 16.2. The largest absolute Gasteiger partial charge is 0.326 e. The summed E-state index contributed by atoms with van der Waals surface area (Å²) in [7, 11) is 0. The van der Waals surface area contributed by atoms with Gasteiger partial charge in [0.1, 0.15) is 12.1 Å². The zero-order valence-corrected chi connectivity index (χ0v) is 13.0. The molecule has 0 aromatic carbocycles. The average molecular weight is 312 g/mol. The fourth-order valence-electron chi connectivity index (χ4n) is 2.55. The van der Waals surface area contributed by atoms with Crippen molar-refractivity contribution in [2.75, 3.05) is 26.2 Å². The number of carbonyl (C=O) groups excluding carboxylic acids is 1. The Balaban J connectivity index is 1.60. The minimum absolute atomic E-state index is 0.0139. The molecule has 1 fully saturated rings. The highest BCUT2D eigenvalue weighted by Crippen LogP contribution is 2.15. The molecule has 2 rings (SSSR count). The summed E-state index contributed by atoms with van der Waals surface area (Å²) in [6.45, 7) is 2.92. The maximum Gasteiger partial charge on any atom is 0.237 e. The first kappa shape index (κ1) is 16.9. The number of hydrogen-bond donors (Lipinski definition) is 2. The summed E-state index contributed by atoms with van der Waals surface area (Å²) < 4.78 is 0. The van der Waals surface area contributed by atoms with Crippen molar-refractivity contribution in [3.63, 3.8) is 0 Å². The van der Waals surface area contributed by atoms with Gasteiger partial charge in [0, 0.05) is 38.6 Å². The molecule has 0 aliphatic carbocycles. The van der Waals surface area contributed by atoms with Crippen molar-refractivity contribution in [2.24, 2.45) is 0 Å². The van der Waals surface area contributed by atoms with Gasteiger partial charge in [-0.15, -0.1) is 0 Å². The third kappa shape index (κ3) is 5.03. The topological polar surface area (TPSA) is 105 Å². The van der Waals surface area contributed by atoms with Crippen LogP contribution in [0.25, 0.3) is 0 Å². The van der Waals surface area contributed by atoms with Gasteiger partial charge in [0.15, 0.2) is 0 Å². The van der Waals surface area contributed by atoms with Gasteiger partial charge in [-0.2, -0.15) is 10.5 Å². The Kier molecular flexibility index (Phi) is 6.49. The van der Waals surface area contributed by atoms with E-state index in [-0.39, 0.29) is 18.5 Å². The second-order valence-electron chi connectivity index (χ2n) is 5.42. The lowest BCUT2D eigenvalue weighted by Gasteiger charge is -2.19. The van der Waals surface area contributed by atoms with E-state index in [1.54, 1.807) is 17.2 Å². The van der Waals surface area contributed by atoms with E-state index in [0.29, 0.717) is 31.7 Å². The fourth-order valence-corrected chi connectivity index (χ4v) is 2.55. The number of pyridine rings is 1. The quantitative estimate of drug-likeness (QED) is 0.694. The molecule has 0 saturated carbocycles. The van der Waals surface area contributed by atoms with Crippen molar-refractivity contribution in [1.29, 1.82) is 10.5 Å². The number of amides is 1. The molecule has 1 aliphatic heterocycles. The standard InChI is InChI=1S/C16H20N6O/c17-7-13-6-14(11-21-9-13)10-19-3-4-20-12-16(23)22-5-1-2-15(22)8-18/h6,9,11,15,19-20H,1-5,10,12H2/t15-/m0/s1. The van der Waals surface area contributed by atoms with E-state index in [0.717, 1.165) is 18.4 Å². The average Bonchev–Trinajstić information content (AvgIpc) is 3.06. The number of hydrogen-bond acceptors (Lipinski definition) is 6. The van der Waals surface area contributed by atoms with Gasteiger partial charge in [0.25, 0.3) is 0 Å². The molecule has 2 heterocycles. The van der Waals surface area contributed by atoms with E-state index in [1.807, 2.05) is 0 Å². The molecular formula is C16H20N6O. The minimum Gasteiger partial charge on any atom is -0.326 e. The Morgan fingerprint density at radius 1 is 1.35 bits per heavy atom. The Morgan fingerprint density at radius 3 is 2.96 bits per heavy atom. The number of rotatable bonds is 7. The maximum absolute atomic E-state index is 12.0. The van der Waals surface area contributed by atoms with Crippen LogP contribution in [0.15, 0.2) is 18.5 Å². The van der Waals surface area contributed by atoms with Crippen molar-refractivity contribution in [3.05, 3.63) is 29.6 Å². The third-order valence-corrected chi connectivity index (χ3v) is 3.73. The molecule has 1 aromatic rings. The molecule has 1 saturated heterocycles. The molecule has 23 heavy (non-hydrogen) atoms. The number of carbonyl (C=O) groups is 1. The number of aromatic nitrogens is 1. The molecule has 1 atom stereocenters. The van der Waals surface area contributed by atoms with Gasteiger partial charge in [-0.3, -0.25) is 9.78 Å². The summed E-state index contributed by atoms with van der Waals surface area (Å²) in [6.07, 6.45) is 4.94. The lowest BCUT2D eigenvalue weighted by atomic mass is 10.2. The summed E-state index contributed by atoms with van der Waals surface area (Å²) in [5.41, 5.74) is 1.50. The second kappa shape index (κ2) is 8.84. The molecule has 7 heteroatoms. The lowest BCUT2D eigenvalue weighted by molar-refractivity contribution is -0.130. The SMILES string of the molecule is N#Cc1cncc(CNCCNCC(=O)N2CCC[C@H]2C#N)c1. The van der Waals surface area contributed by atoms with Crippen LogP contribution in [0.2, 0.25) is 0 Å². The molecule has 7 nitrogen and oxygen atoms in total. The minimum atomic E-state index is -0.262. The highest BCUT2D eigenvalue weighted by molar-refractivity contribution is 5.79. The molecule has 120 valence electrons. The van der Waals surface area contributed by atoms with Crippen molar-refractivity contribution in [2.45, 2.75) is 25.4 Å². The number of nitriles is 2. The molecule has 0 bridgehead atoms. The Bertz CT molecular complexity index is 618. The van der Waals surface area contributed by atoms with Crippen LogP contribution in [0.3, 0.4) is 0 Å². The van der Waals surface area contributed by atoms with E-state index < -0.39 is 0 Å². The van der Waals surface area contributed by atoms with Crippen molar-refractivity contribution >= 4 is 5.91 Å². The monoisotopic (exact) mass is 312 g/mol. The van der Waals surface area contributed by atoms with Gasteiger partial charge < -0.3 is 15.5 Å². The molecule has 0 unspecified atom stereocenters. The number of nitrogens with one attached hydrogen (secondary N) is 2.